The van der Waals surface area contributed by atoms with E-state index in [0.29, 0.717) is 10.7 Å². The van der Waals surface area contributed by atoms with Crippen molar-refractivity contribution in [3.63, 3.8) is 0 Å². The van der Waals surface area contributed by atoms with Gasteiger partial charge in [0.1, 0.15) is 5.82 Å². The molecule has 0 aliphatic heterocycles. The number of rotatable bonds is 5. The van der Waals surface area contributed by atoms with Crippen LogP contribution < -0.4 is 10.6 Å². The van der Waals surface area contributed by atoms with Crippen LogP contribution in [-0.4, -0.2) is 35.8 Å². The largest absolute Gasteiger partial charge is 0.466 e. The van der Waals surface area contributed by atoms with Gasteiger partial charge in [-0.15, -0.1) is 0 Å². The van der Waals surface area contributed by atoms with Crippen LogP contribution in [-0.2, 0) is 9.53 Å². The quantitative estimate of drug-likeness (QED) is 0.593. The highest BCUT2D eigenvalue weighted by atomic mass is 35.5. The van der Waals surface area contributed by atoms with E-state index in [4.69, 9.17) is 11.6 Å². The summed E-state index contributed by atoms with van der Waals surface area (Å²) in [6, 6.07) is 9.35. The van der Waals surface area contributed by atoms with Crippen LogP contribution in [0.25, 0.3) is 0 Å². The van der Waals surface area contributed by atoms with E-state index in [1.54, 1.807) is 18.3 Å². The summed E-state index contributed by atoms with van der Waals surface area (Å²) < 4.78 is 46.1. The summed E-state index contributed by atoms with van der Waals surface area (Å²) in [7, 11) is 0.780. The van der Waals surface area contributed by atoms with Gasteiger partial charge in [0.05, 0.1) is 7.11 Å². The number of hydrogen-bond acceptors (Lipinski definition) is 5. The molecule has 6 nitrogen and oxygen atoms in total. The van der Waals surface area contributed by atoms with Crippen molar-refractivity contribution in [2.75, 3.05) is 12.4 Å². The summed E-state index contributed by atoms with van der Waals surface area (Å²) >= 11 is 5.71. The second kappa shape index (κ2) is 7.83. The van der Waals surface area contributed by atoms with Crippen molar-refractivity contribution in [1.29, 1.82) is 0 Å². The van der Waals surface area contributed by atoms with E-state index < -0.39 is 23.7 Å². The fraction of sp³-hybridized carbons (Fsp3) is 0.235. The van der Waals surface area contributed by atoms with Gasteiger partial charge in [0.25, 0.3) is 5.91 Å². The standard InChI is InChI=1S/C17H15ClF3N3O3/c1-10-4-3-5-13(22-10)23-16(15(26)27-2,17(19,20)21)24-14(25)11-6-8-12(18)9-7-11/h3-9H,1-2H3,(H,22,23)(H,24,25). The van der Waals surface area contributed by atoms with E-state index in [9.17, 15) is 22.8 Å². The molecule has 2 aromatic rings. The van der Waals surface area contributed by atoms with Gasteiger partial charge in [-0.25, -0.2) is 9.78 Å². The van der Waals surface area contributed by atoms with Gasteiger partial charge in [0.2, 0.25) is 0 Å². The Balaban J connectivity index is 2.48. The number of pyridine rings is 1. The molecule has 0 saturated heterocycles. The number of carbonyl (C=O) groups excluding carboxylic acids is 2. The Morgan fingerprint density at radius 2 is 1.74 bits per heavy atom. The maximum atomic E-state index is 13.9. The Morgan fingerprint density at radius 3 is 2.26 bits per heavy atom. The molecule has 10 heteroatoms. The third-order valence-electron chi connectivity index (χ3n) is 3.53. The summed E-state index contributed by atoms with van der Waals surface area (Å²) in [6.07, 6.45) is -5.24. The van der Waals surface area contributed by atoms with E-state index in [1.165, 1.54) is 36.4 Å². The SMILES string of the molecule is COC(=O)C(NC(=O)c1ccc(Cl)cc1)(Nc1cccc(C)n1)C(F)(F)F. The van der Waals surface area contributed by atoms with Crippen molar-refractivity contribution in [3.05, 3.63) is 58.7 Å². The van der Waals surface area contributed by atoms with E-state index in [0.717, 1.165) is 7.11 Å². The molecule has 0 spiro atoms. The number of amides is 1. The number of benzene rings is 1. The van der Waals surface area contributed by atoms with Crippen molar-refractivity contribution in [3.8, 4) is 0 Å². The number of ether oxygens (including phenoxy) is 1. The van der Waals surface area contributed by atoms with Gasteiger partial charge in [0, 0.05) is 16.3 Å². The first-order chi connectivity index (χ1) is 12.6. The van der Waals surface area contributed by atoms with Gasteiger partial charge in [-0.1, -0.05) is 17.7 Å². The number of esters is 1. The van der Waals surface area contributed by atoms with Crippen LogP contribution in [0.2, 0.25) is 5.02 Å². The monoisotopic (exact) mass is 401 g/mol. The number of halogens is 4. The maximum absolute atomic E-state index is 13.9. The lowest BCUT2D eigenvalue weighted by Crippen LogP contribution is -2.69. The Hall–Kier alpha value is -2.81. The average Bonchev–Trinajstić information content (AvgIpc) is 2.60. The molecule has 1 amide bonds. The van der Waals surface area contributed by atoms with Crippen LogP contribution in [0.4, 0.5) is 19.0 Å². The lowest BCUT2D eigenvalue weighted by atomic mass is 10.1. The van der Waals surface area contributed by atoms with E-state index in [2.05, 4.69) is 9.72 Å². The average molecular weight is 402 g/mol. The Kier molecular flexibility index (Phi) is 5.94. The molecule has 1 unspecified atom stereocenters. The molecule has 0 radical (unpaired) electrons. The number of aromatic nitrogens is 1. The van der Waals surface area contributed by atoms with Crippen LogP contribution in [0.5, 0.6) is 0 Å². The van der Waals surface area contributed by atoms with Gasteiger partial charge in [-0.2, -0.15) is 13.2 Å². The first kappa shape index (κ1) is 20.5. The van der Waals surface area contributed by atoms with Gasteiger partial charge in [0.15, 0.2) is 0 Å². The van der Waals surface area contributed by atoms with E-state index >= 15 is 0 Å². The highest BCUT2D eigenvalue weighted by Crippen LogP contribution is 2.33. The van der Waals surface area contributed by atoms with Crippen molar-refractivity contribution in [1.82, 2.24) is 10.3 Å². The van der Waals surface area contributed by atoms with Crippen molar-refractivity contribution < 1.29 is 27.5 Å². The number of carbonyl (C=O) groups is 2. The van der Waals surface area contributed by atoms with Crippen molar-refractivity contribution >= 4 is 29.3 Å². The van der Waals surface area contributed by atoms with Crippen LogP contribution in [0, 0.1) is 6.92 Å². The minimum absolute atomic E-state index is 0.129. The third kappa shape index (κ3) is 4.48. The minimum atomic E-state index is -5.24. The highest BCUT2D eigenvalue weighted by Gasteiger charge is 2.63. The molecular weight excluding hydrogens is 387 g/mol. The van der Waals surface area contributed by atoms with Crippen LogP contribution in [0.15, 0.2) is 42.5 Å². The molecule has 1 heterocycles. The van der Waals surface area contributed by atoms with Crippen LogP contribution >= 0.6 is 11.6 Å². The number of methoxy groups -OCH3 is 1. The molecule has 27 heavy (non-hydrogen) atoms. The topological polar surface area (TPSA) is 80.3 Å². The van der Waals surface area contributed by atoms with E-state index in [1.807, 2.05) is 5.32 Å². The summed E-state index contributed by atoms with van der Waals surface area (Å²) in [5, 5.41) is 3.95. The molecular formula is C17H15ClF3N3O3. The zero-order valence-corrected chi connectivity index (χ0v) is 15.0. The molecule has 0 bridgehead atoms. The van der Waals surface area contributed by atoms with Crippen LogP contribution in [0.1, 0.15) is 16.1 Å². The van der Waals surface area contributed by atoms with E-state index in [-0.39, 0.29) is 11.4 Å². The maximum Gasteiger partial charge on any atom is 0.441 e. The first-order valence-corrected chi connectivity index (χ1v) is 7.92. The fourth-order valence-electron chi connectivity index (χ4n) is 2.19. The second-order valence-electron chi connectivity index (χ2n) is 5.49. The minimum Gasteiger partial charge on any atom is -0.466 e. The van der Waals surface area contributed by atoms with Gasteiger partial charge < -0.3 is 15.4 Å². The molecule has 0 fully saturated rings. The lowest BCUT2D eigenvalue weighted by Gasteiger charge is -2.34. The van der Waals surface area contributed by atoms with Gasteiger partial charge in [-0.05, 0) is 43.3 Å². The molecule has 2 N–H and O–H groups in total. The summed E-state index contributed by atoms with van der Waals surface area (Å²) in [5.41, 5.74) is -3.26. The second-order valence-corrected chi connectivity index (χ2v) is 5.93. The predicted octanol–water partition coefficient (Wildman–Crippen LogP) is 3.32. The molecule has 1 aromatic heterocycles. The zero-order chi connectivity index (χ0) is 20.2. The van der Waals surface area contributed by atoms with Crippen LogP contribution in [0.3, 0.4) is 0 Å². The number of nitrogens with one attached hydrogen (secondary N) is 2. The smallest absolute Gasteiger partial charge is 0.441 e. The molecule has 0 aliphatic carbocycles. The Bertz CT molecular complexity index is 843. The van der Waals surface area contributed by atoms with Gasteiger partial charge >= 0.3 is 17.8 Å². The summed E-state index contributed by atoms with van der Waals surface area (Å²) in [6.45, 7) is 1.56. The normalized spacial score (nSPS) is 13.4. The number of anilines is 1. The first-order valence-electron chi connectivity index (χ1n) is 7.54. The zero-order valence-electron chi connectivity index (χ0n) is 14.2. The molecule has 144 valence electrons. The Labute approximate surface area is 157 Å². The molecule has 1 atom stereocenters. The number of alkyl halides is 3. The van der Waals surface area contributed by atoms with Gasteiger partial charge in [-0.3, -0.25) is 4.79 Å². The molecule has 0 saturated carbocycles. The molecule has 2 rings (SSSR count). The van der Waals surface area contributed by atoms with Crippen molar-refractivity contribution in [2.24, 2.45) is 0 Å². The summed E-state index contributed by atoms with van der Waals surface area (Å²) in [5.74, 6) is -3.18. The number of hydrogen-bond donors (Lipinski definition) is 2. The Morgan fingerprint density at radius 1 is 1.11 bits per heavy atom. The molecule has 1 aromatic carbocycles. The highest BCUT2D eigenvalue weighted by molar-refractivity contribution is 6.30. The van der Waals surface area contributed by atoms with Crippen molar-refractivity contribution in [2.45, 2.75) is 18.8 Å². The lowest BCUT2D eigenvalue weighted by molar-refractivity contribution is -0.203. The predicted molar refractivity (Wildman–Crippen MR) is 92.3 cm³/mol. The number of aryl methyl sites for hydroxylation is 1. The fourth-order valence-corrected chi connectivity index (χ4v) is 2.32. The molecule has 0 aliphatic rings. The summed E-state index contributed by atoms with van der Waals surface area (Å²) in [4.78, 5) is 28.4. The number of nitrogens with zero attached hydrogens (tertiary/aromatic N) is 1. The third-order valence-corrected chi connectivity index (χ3v) is 3.78.